The van der Waals surface area contributed by atoms with Gasteiger partial charge in [0.1, 0.15) is 6.10 Å². The van der Waals surface area contributed by atoms with Crippen LogP contribution in [-0.4, -0.2) is 47.1 Å². The highest BCUT2D eigenvalue weighted by molar-refractivity contribution is 5.74. The molecule has 0 radical (unpaired) electrons. The smallest absolute Gasteiger partial charge is 0.309 e. The summed E-state index contributed by atoms with van der Waals surface area (Å²) >= 11 is 0. The minimum atomic E-state index is -0.870. The van der Waals surface area contributed by atoms with Gasteiger partial charge in [-0.3, -0.25) is 9.59 Å². The molecule has 2 aliphatic rings. The summed E-state index contributed by atoms with van der Waals surface area (Å²) in [6.45, 7) is 8.53. The maximum absolute atomic E-state index is 13.2. The molecule has 43 heavy (non-hydrogen) atoms. The maximum Gasteiger partial charge on any atom is 0.309 e. The first-order valence-corrected chi connectivity index (χ1v) is 16.1. The van der Waals surface area contributed by atoms with E-state index in [0.29, 0.717) is 43.3 Å². The minimum absolute atomic E-state index is 0.0794. The first-order valence-electron chi connectivity index (χ1n) is 16.1. The molecule has 0 bridgehead atoms. The van der Waals surface area contributed by atoms with Gasteiger partial charge in [-0.05, 0) is 67.4 Å². The number of hydrogen-bond acceptors (Lipinski definition) is 7. The number of nitriles is 1. The number of hydrogen-bond donors (Lipinski definition) is 2. The molecule has 0 unspecified atom stereocenters. The summed E-state index contributed by atoms with van der Waals surface area (Å²) in [6, 6.07) is 12.0. The Morgan fingerprint density at radius 3 is 2.42 bits per heavy atom. The van der Waals surface area contributed by atoms with Gasteiger partial charge in [-0.25, -0.2) is 0 Å². The largest absolute Gasteiger partial charge is 0.465 e. The quantitative estimate of drug-likeness (QED) is 0.383. The van der Waals surface area contributed by atoms with Crippen molar-refractivity contribution in [2.75, 3.05) is 6.61 Å². The molecule has 0 spiro atoms. The molecule has 1 fully saturated rings. The maximum atomic E-state index is 13.2. The van der Waals surface area contributed by atoms with E-state index in [4.69, 9.17) is 9.47 Å². The third-order valence-corrected chi connectivity index (χ3v) is 9.26. The Labute approximate surface area is 258 Å². The molecule has 9 atom stereocenters. The second-order valence-corrected chi connectivity index (χ2v) is 13.1. The molecular weight excluding hydrogens is 542 g/mol. The highest BCUT2D eigenvalue weighted by Crippen LogP contribution is 2.38. The van der Waals surface area contributed by atoms with E-state index in [2.05, 4.69) is 19.9 Å². The fourth-order valence-electron chi connectivity index (χ4n) is 6.97. The molecule has 1 aromatic carbocycles. The summed E-state index contributed by atoms with van der Waals surface area (Å²) in [7, 11) is 0. The van der Waals surface area contributed by atoms with E-state index in [0.717, 1.165) is 37.7 Å². The Kier molecular flexibility index (Phi) is 14.0. The van der Waals surface area contributed by atoms with Gasteiger partial charge < -0.3 is 19.7 Å². The fourth-order valence-corrected chi connectivity index (χ4v) is 6.97. The first kappa shape index (κ1) is 34.5. The monoisotopic (exact) mass is 593 g/mol. The van der Waals surface area contributed by atoms with Crippen LogP contribution in [0, 0.1) is 46.8 Å². The average Bonchev–Trinajstić information content (AvgIpc) is 3.46. The van der Waals surface area contributed by atoms with Crippen LogP contribution in [0.3, 0.4) is 0 Å². The topological polar surface area (TPSA) is 117 Å². The summed E-state index contributed by atoms with van der Waals surface area (Å²) < 4.78 is 11.7. The van der Waals surface area contributed by atoms with Crippen molar-refractivity contribution in [3.8, 4) is 6.07 Å². The Morgan fingerprint density at radius 2 is 1.72 bits per heavy atom. The van der Waals surface area contributed by atoms with Gasteiger partial charge >= 0.3 is 11.9 Å². The van der Waals surface area contributed by atoms with E-state index >= 15 is 0 Å². The number of benzene rings is 1. The molecule has 1 aliphatic heterocycles. The number of carbonyl (C=O) groups excluding carboxylic acids is 2. The van der Waals surface area contributed by atoms with Crippen LogP contribution >= 0.6 is 0 Å². The zero-order valence-electron chi connectivity index (χ0n) is 26.4. The molecule has 1 aromatic rings. The molecule has 0 saturated heterocycles. The lowest BCUT2D eigenvalue weighted by Gasteiger charge is -2.29. The van der Waals surface area contributed by atoms with Crippen LogP contribution in [0.5, 0.6) is 0 Å². The number of aliphatic hydroxyl groups is 2. The van der Waals surface area contributed by atoms with Gasteiger partial charge in [0.25, 0.3) is 0 Å². The second kappa shape index (κ2) is 17.4. The van der Waals surface area contributed by atoms with Crippen molar-refractivity contribution in [3.05, 3.63) is 59.7 Å². The van der Waals surface area contributed by atoms with Crippen molar-refractivity contribution < 1.29 is 29.3 Å². The van der Waals surface area contributed by atoms with E-state index in [9.17, 15) is 25.1 Å². The lowest BCUT2D eigenvalue weighted by Crippen LogP contribution is -2.35. The second-order valence-electron chi connectivity index (χ2n) is 13.1. The van der Waals surface area contributed by atoms with Gasteiger partial charge in [0.15, 0.2) is 0 Å². The van der Waals surface area contributed by atoms with E-state index in [-0.39, 0.29) is 36.1 Å². The van der Waals surface area contributed by atoms with Crippen LogP contribution in [0.25, 0.3) is 0 Å². The zero-order valence-corrected chi connectivity index (χ0v) is 26.4. The molecule has 3 rings (SSSR count). The normalized spacial score (nSPS) is 35.3. The van der Waals surface area contributed by atoms with Crippen LogP contribution in [0.2, 0.25) is 0 Å². The number of nitrogens with zero attached hydrogens (tertiary/aromatic N) is 1. The van der Waals surface area contributed by atoms with E-state index in [1.165, 1.54) is 0 Å². The highest BCUT2D eigenvalue weighted by Gasteiger charge is 2.40. The number of cyclic esters (lactones) is 1. The van der Waals surface area contributed by atoms with Crippen molar-refractivity contribution in [2.45, 2.75) is 104 Å². The molecule has 7 nitrogen and oxygen atoms in total. The van der Waals surface area contributed by atoms with Crippen molar-refractivity contribution in [2.24, 2.45) is 35.5 Å². The SMILES string of the molecule is C[C@@H]1C[C@H](C)C[C@H](C)[C@@H](O)CC(=O)O[C@H]([C@@H]2CCC[C@H]2C(=O)OCCc2ccccc2)C/C=C/C=C(/C#N)[C@H](O)[C@@H](C)C1. The van der Waals surface area contributed by atoms with Crippen LogP contribution in [0.15, 0.2) is 54.1 Å². The van der Waals surface area contributed by atoms with Crippen LogP contribution in [0.4, 0.5) is 0 Å². The molecule has 2 N–H and O–H groups in total. The van der Waals surface area contributed by atoms with E-state index < -0.39 is 24.3 Å². The first-order chi connectivity index (χ1) is 20.6. The van der Waals surface area contributed by atoms with E-state index in [1.54, 1.807) is 12.2 Å². The molecule has 0 aromatic heterocycles. The molecule has 7 heteroatoms. The standard InChI is InChI=1S/C36H51NO6/c1-24-19-25(2)21-27(4)35(40)29(23-37)13-8-9-16-33(43-34(39)22-32(38)26(3)20-24)30-14-10-15-31(30)36(41)42-18-17-28-11-6-5-7-12-28/h5-9,11-13,24-27,30-33,35,38,40H,10,14-22H2,1-4H3/b9-8+,29-13-/t24-,25+,26-,27-,30+,31+,32-,33-,35+/m0/s1. The predicted molar refractivity (Wildman–Crippen MR) is 166 cm³/mol. The molecule has 236 valence electrons. The lowest BCUT2D eigenvalue weighted by atomic mass is 9.82. The Morgan fingerprint density at radius 1 is 1.02 bits per heavy atom. The van der Waals surface area contributed by atoms with Gasteiger partial charge in [-0.2, -0.15) is 5.26 Å². The third kappa shape index (κ3) is 10.9. The van der Waals surface area contributed by atoms with Crippen LogP contribution in [-0.2, 0) is 25.5 Å². The number of rotatable bonds is 5. The number of allylic oxidation sites excluding steroid dienone is 2. The predicted octanol–water partition coefficient (Wildman–Crippen LogP) is 6.34. The average molecular weight is 594 g/mol. The van der Waals surface area contributed by atoms with Crippen LogP contribution < -0.4 is 0 Å². The van der Waals surface area contributed by atoms with Gasteiger partial charge in [-0.1, -0.05) is 76.6 Å². The summed E-state index contributed by atoms with van der Waals surface area (Å²) in [5.41, 5.74) is 1.40. The Balaban J connectivity index is 1.77. The van der Waals surface area contributed by atoms with Crippen molar-refractivity contribution >= 4 is 11.9 Å². The number of esters is 2. The number of carbonyl (C=O) groups is 2. The van der Waals surface area contributed by atoms with Crippen molar-refractivity contribution in [1.29, 1.82) is 5.26 Å². The summed E-state index contributed by atoms with van der Waals surface area (Å²) in [6.07, 6.45) is 8.54. The highest BCUT2D eigenvalue weighted by atomic mass is 16.5. The van der Waals surface area contributed by atoms with Gasteiger partial charge in [0.2, 0.25) is 0 Å². The minimum Gasteiger partial charge on any atom is -0.465 e. The van der Waals surface area contributed by atoms with Gasteiger partial charge in [0.05, 0.1) is 42.8 Å². The van der Waals surface area contributed by atoms with Gasteiger partial charge in [-0.15, -0.1) is 0 Å². The number of ether oxygens (including phenoxy) is 2. The molecule has 1 aliphatic carbocycles. The van der Waals surface area contributed by atoms with Gasteiger partial charge in [0, 0.05) is 18.8 Å². The van der Waals surface area contributed by atoms with Crippen molar-refractivity contribution in [1.82, 2.24) is 0 Å². The van der Waals surface area contributed by atoms with Crippen molar-refractivity contribution in [3.63, 3.8) is 0 Å². The summed E-state index contributed by atoms with van der Waals surface area (Å²) in [5, 5.41) is 31.5. The number of aliphatic hydroxyl groups excluding tert-OH is 2. The molecule has 1 heterocycles. The Bertz CT molecular complexity index is 1120. The fraction of sp³-hybridized carbons (Fsp3) is 0.639. The Hall–Kier alpha value is -2.95. The van der Waals surface area contributed by atoms with Crippen LogP contribution in [0.1, 0.15) is 84.6 Å². The molecular formula is C36H51NO6. The molecule has 1 saturated carbocycles. The van der Waals surface area contributed by atoms with E-state index in [1.807, 2.05) is 50.3 Å². The third-order valence-electron chi connectivity index (χ3n) is 9.26. The summed E-state index contributed by atoms with van der Waals surface area (Å²) in [5.74, 6) is -0.810. The lowest BCUT2D eigenvalue weighted by molar-refractivity contribution is -0.161. The summed E-state index contributed by atoms with van der Waals surface area (Å²) in [4.78, 5) is 26.3. The zero-order chi connectivity index (χ0) is 31.4. The molecule has 0 amide bonds.